The Morgan fingerprint density at radius 1 is 1.18 bits per heavy atom. The zero-order valence-corrected chi connectivity index (χ0v) is 14.4. The summed E-state index contributed by atoms with van der Waals surface area (Å²) in [4.78, 5) is 35.4. The minimum absolute atomic E-state index is 0.0102. The molecule has 0 fully saturated rings. The smallest absolute Gasteiger partial charge is 0.340 e. The van der Waals surface area contributed by atoms with Crippen LogP contribution >= 0.6 is 0 Å². The van der Waals surface area contributed by atoms with Crippen molar-refractivity contribution < 1.29 is 41.8 Å². The van der Waals surface area contributed by atoms with Gasteiger partial charge in [0.2, 0.25) is 5.91 Å². The molecule has 0 heterocycles. The highest BCUT2D eigenvalue weighted by Crippen LogP contribution is 2.30. The van der Waals surface area contributed by atoms with Gasteiger partial charge in [-0.15, -0.1) is 0 Å². The van der Waals surface area contributed by atoms with Crippen LogP contribution in [0, 0.1) is 11.8 Å². The summed E-state index contributed by atoms with van der Waals surface area (Å²) in [5, 5.41) is 13.3. The molecule has 0 saturated heterocycles. The van der Waals surface area contributed by atoms with Crippen molar-refractivity contribution in [2.75, 3.05) is 11.9 Å². The summed E-state index contributed by atoms with van der Waals surface area (Å²) < 4.78 is 54.6. The Kier molecular flexibility index (Phi) is 6.76. The molecular weight excluding hydrogens is 386 g/mol. The molecule has 2 rings (SSSR count). The molecule has 0 aliphatic heterocycles. The number of benzene rings is 1. The van der Waals surface area contributed by atoms with Gasteiger partial charge in [-0.25, -0.2) is 8.78 Å². The van der Waals surface area contributed by atoms with Crippen molar-refractivity contribution in [3.05, 3.63) is 42.0 Å². The number of rotatable bonds is 7. The highest BCUT2D eigenvalue weighted by molar-refractivity contribution is 5.97. The van der Waals surface area contributed by atoms with E-state index in [0.29, 0.717) is 0 Å². The molecule has 152 valence electrons. The number of allylic oxidation sites excluding steroid dienone is 2. The molecule has 1 N–H and O–H groups in total. The van der Waals surface area contributed by atoms with E-state index >= 15 is 0 Å². The number of hydrogen-bond acceptors (Lipinski definition) is 5. The number of alkyl halides is 4. The first-order chi connectivity index (χ1) is 13.1. The Balaban J connectivity index is 2.07. The van der Waals surface area contributed by atoms with Crippen molar-refractivity contribution in [1.82, 2.24) is 0 Å². The van der Waals surface area contributed by atoms with Gasteiger partial charge in [-0.05, 0) is 30.5 Å². The van der Waals surface area contributed by atoms with Crippen LogP contribution in [-0.2, 0) is 14.3 Å². The normalized spacial score (nSPS) is 19.3. The molecule has 10 heteroatoms. The largest absolute Gasteiger partial charge is 0.545 e. The summed E-state index contributed by atoms with van der Waals surface area (Å²) in [6.07, 6.45) is -0.716. The zero-order valence-electron chi connectivity index (χ0n) is 14.4. The molecule has 6 nitrogen and oxygen atoms in total. The Morgan fingerprint density at radius 2 is 1.82 bits per heavy atom. The maximum atomic E-state index is 12.9. The number of nitrogens with one attached hydrogen (secondary N) is 1. The van der Waals surface area contributed by atoms with Crippen LogP contribution in [0.2, 0.25) is 0 Å². The monoisotopic (exact) mass is 402 g/mol. The fourth-order valence-electron chi connectivity index (χ4n) is 2.66. The van der Waals surface area contributed by atoms with Crippen molar-refractivity contribution in [3.63, 3.8) is 0 Å². The van der Waals surface area contributed by atoms with Crippen LogP contribution in [0.3, 0.4) is 0 Å². The molecule has 0 aromatic heterocycles. The Bertz CT molecular complexity index is 781. The van der Waals surface area contributed by atoms with Crippen molar-refractivity contribution in [3.8, 4) is 0 Å². The summed E-state index contributed by atoms with van der Waals surface area (Å²) in [7, 11) is 0. The molecule has 1 aliphatic carbocycles. The van der Waals surface area contributed by atoms with Crippen LogP contribution in [0.5, 0.6) is 0 Å². The topological polar surface area (TPSA) is 95.5 Å². The van der Waals surface area contributed by atoms with Gasteiger partial charge in [-0.2, -0.15) is 8.78 Å². The second kappa shape index (κ2) is 8.85. The van der Waals surface area contributed by atoms with E-state index < -0.39 is 48.6 Å². The third-order valence-corrected chi connectivity index (χ3v) is 4.16. The minimum atomic E-state index is -4.48. The standard InChI is InChI=1S/C18H17F4NO5/c19-17(20)18(21,22)9-28-16(27)13-7-2-1-6-12(13)14(24)23-11-5-3-4-10(8-11)15(25)26/h1-5,8,12-13,17H,6-7,9H2,(H,23,24)(H,25,26)/p-1/t12-,13-/m1/s1. The molecule has 0 unspecified atom stereocenters. The van der Waals surface area contributed by atoms with Crippen LogP contribution in [0.1, 0.15) is 23.2 Å². The quantitative estimate of drug-likeness (QED) is 0.428. The lowest BCUT2D eigenvalue weighted by Gasteiger charge is -2.26. The maximum Gasteiger partial charge on any atom is 0.340 e. The highest BCUT2D eigenvalue weighted by atomic mass is 19.3. The molecule has 0 bridgehead atoms. The van der Waals surface area contributed by atoms with Gasteiger partial charge in [-0.3, -0.25) is 9.59 Å². The number of halogens is 4. The lowest BCUT2D eigenvalue weighted by atomic mass is 9.82. The van der Waals surface area contributed by atoms with Gasteiger partial charge in [0.25, 0.3) is 0 Å². The molecule has 28 heavy (non-hydrogen) atoms. The Hall–Kier alpha value is -2.91. The predicted molar refractivity (Wildman–Crippen MR) is 86.7 cm³/mol. The molecule has 1 aliphatic rings. The van der Waals surface area contributed by atoms with Crippen molar-refractivity contribution >= 4 is 23.5 Å². The van der Waals surface area contributed by atoms with Gasteiger partial charge in [0, 0.05) is 5.69 Å². The Morgan fingerprint density at radius 3 is 2.43 bits per heavy atom. The fourth-order valence-corrected chi connectivity index (χ4v) is 2.66. The number of carboxylic acid groups (broad SMARTS) is 1. The van der Waals surface area contributed by atoms with Crippen LogP contribution in [0.15, 0.2) is 36.4 Å². The lowest BCUT2D eigenvalue weighted by Crippen LogP contribution is -2.39. The number of ether oxygens (including phenoxy) is 1. The predicted octanol–water partition coefficient (Wildman–Crippen LogP) is 2.01. The van der Waals surface area contributed by atoms with Crippen LogP contribution in [0.25, 0.3) is 0 Å². The molecule has 1 aromatic carbocycles. The minimum Gasteiger partial charge on any atom is -0.545 e. The number of esters is 1. The second-order valence-corrected chi connectivity index (χ2v) is 6.18. The summed E-state index contributed by atoms with van der Waals surface area (Å²) in [5.41, 5.74) is -0.0378. The van der Waals surface area contributed by atoms with E-state index in [0.717, 1.165) is 6.07 Å². The first-order valence-electron chi connectivity index (χ1n) is 8.21. The summed E-state index contributed by atoms with van der Waals surface area (Å²) >= 11 is 0. The van der Waals surface area contributed by atoms with E-state index in [9.17, 15) is 37.1 Å². The molecule has 2 atom stereocenters. The number of aromatic carboxylic acids is 1. The van der Waals surface area contributed by atoms with E-state index in [1.807, 2.05) is 0 Å². The summed E-state index contributed by atoms with van der Waals surface area (Å²) in [6, 6.07) is 5.21. The first kappa shape index (κ1) is 21.4. The Labute approximate surface area is 157 Å². The van der Waals surface area contributed by atoms with Crippen molar-refractivity contribution in [1.29, 1.82) is 0 Å². The van der Waals surface area contributed by atoms with Gasteiger partial charge in [-0.1, -0.05) is 24.3 Å². The first-order valence-corrected chi connectivity index (χ1v) is 8.21. The highest BCUT2D eigenvalue weighted by Gasteiger charge is 2.43. The summed E-state index contributed by atoms with van der Waals surface area (Å²) in [5.74, 6) is -9.91. The van der Waals surface area contributed by atoms with E-state index in [1.165, 1.54) is 18.2 Å². The average Bonchev–Trinajstić information content (AvgIpc) is 2.66. The van der Waals surface area contributed by atoms with Gasteiger partial charge in [0.1, 0.15) is 0 Å². The third kappa shape index (κ3) is 5.30. The SMILES string of the molecule is O=C([O-])c1cccc(NC(=O)[C@@H]2CC=CC[C@H]2C(=O)OCC(F)(F)C(F)F)c1. The molecule has 0 spiro atoms. The van der Waals surface area contributed by atoms with Crippen LogP contribution in [-0.4, -0.2) is 36.8 Å². The zero-order chi connectivity index (χ0) is 20.9. The number of carbonyl (C=O) groups is 3. The molecule has 0 radical (unpaired) electrons. The van der Waals surface area contributed by atoms with E-state index in [2.05, 4.69) is 10.1 Å². The number of carboxylic acids is 1. The van der Waals surface area contributed by atoms with Gasteiger partial charge in [0.15, 0.2) is 6.61 Å². The van der Waals surface area contributed by atoms with E-state index in [4.69, 9.17) is 0 Å². The molecular formula is C18H16F4NO5-. The molecule has 0 saturated carbocycles. The van der Waals surface area contributed by atoms with Gasteiger partial charge in [0.05, 0.1) is 17.8 Å². The van der Waals surface area contributed by atoms with Crippen LogP contribution in [0.4, 0.5) is 23.2 Å². The van der Waals surface area contributed by atoms with E-state index in [-0.39, 0.29) is 24.1 Å². The average molecular weight is 402 g/mol. The number of carbonyl (C=O) groups excluding carboxylic acids is 3. The molecule has 1 aromatic rings. The lowest BCUT2D eigenvalue weighted by molar-refractivity contribution is -0.255. The number of anilines is 1. The van der Waals surface area contributed by atoms with Crippen molar-refractivity contribution in [2.45, 2.75) is 25.2 Å². The van der Waals surface area contributed by atoms with Gasteiger partial charge >= 0.3 is 18.3 Å². The number of amides is 1. The second-order valence-electron chi connectivity index (χ2n) is 6.18. The third-order valence-electron chi connectivity index (χ3n) is 4.16. The maximum absolute atomic E-state index is 12.9. The van der Waals surface area contributed by atoms with Crippen molar-refractivity contribution in [2.24, 2.45) is 11.8 Å². The van der Waals surface area contributed by atoms with Gasteiger partial charge < -0.3 is 20.0 Å². The molecule has 1 amide bonds. The van der Waals surface area contributed by atoms with Crippen LogP contribution < -0.4 is 10.4 Å². The summed E-state index contributed by atoms with van der Waals surface area (Å²) in [6.45, 7) is -1.79. The number of hydrogen-bond donors (Lipinski definition) is 1. The van der Waals surface area contributed by atoms with E-state index in [1.54, 1.807) is 12.2 Å². The fraction of sp³-hybridized carbons (Fsp3) is 0.389.